The monoisotopic (exact) mass is 428 g/mol. The van der Waals surface area contributed by atoms with Crippen LogP contribution in [0.3, 0.4) is 0 Å². The van der Waals surface area contributed by atoms with Gasteiger partial charge in [0.05, 0.1) is 25.3 Å². The van der Waals surface area contributed by atoms with Crippen LogP contribution in [0.2, 0.25) is 0 Å². The minimum absolute atomic E-state index is 0.0118. The molecule has 0 heterocycles. The van der Waals surface area contributed by atoms with Crippen molar-refractivity contribution >= 4 is 40.9 Å². The van der Waals surface area contributed by atoms with Crippen LogP contribution in [0.5, 0.6) is 0 Å². The van der Waals surface area contributed by atoms with Crippen molar-refractivity contribution < 1.29 is 23.9 Å². The zero-order valence-corrected chi connectivity index (χ0v) is 18.3. The Morgan fingerprint density at radius 1 is 0.833 bits per heavy atom. The Morgan fingerprint density at radius 2 is 1.33 bits per heavy atom. The number of rotatable bonds is 4. The molecule has 0 unspecified atom stereocenters. The van der Waals surface area contributed by atoms with E-state index in [0.717, 1.165) is 5.56 Å². The Bertz CT molecular complexity index is 944. The number of carbonyl (C=O) groups excluding carboxylic acids is 3. The fourth-order valence-corrected chi connectivity index (χ4v) is 2.84. The number of esters is 2. The molecule has 0 aliphatic carbocycles. The third-order valence-corrected chi connectivity index (χ3v) is 4.48. The zero-order chi connectivity index (χ0) is 22.5. The lowest BCUT2D eigenvalue weighted by Crippen LogP contribution is -2.34. The van der Waals surface area contributed by atoms with Gasteiger partial charge in [0.25, 0.3) is 5.91 Å². The topological polar surface area (TPSA) is 93.7 Å². The summed E-state index contributed by atoms with van der Waals surface area (Å²) in [5.74, 6) is -1.64. The van der Waals surface area contributed by atoms with Crippen molar-refractivity contribution in [2.45, 2.75) is 26.2 Å². The summed E-state index contributed by atoms with van der Waals surface area (Å²) in [5.41, 5.74) is 2.13. The van der Waals surface area contributed by atoms with Gasteiger partial charge in [-0.1, -0.05) is 32.9 Å². The largest absolute Gasteiger partial charge is 0.465 e. The molecule has 0 aliphatic rings. The van der Waals surface area contributed by atoms with Crippen LogP contribution >= 0.6 is 12.2 Å². The number of thiocarbonyl (C=S) groups is 1. The van der Waals surface area contributed by atoms with Crippen molar-refractivity contribution in [3.63, 3.8) is 0 Å². The first-order valence-corrected chi connectivity index (χ1v) is 9.50. The van der Waals surface area contributed by atoms with Crippen LogP contribution in [0.1, 0.15) is 57.4 Å². The highest BCUT2D eigenvalue weighted by Gasteiger charge is 2.16. The van der Waals surface area contributed by atoms with Gasteiger partial charge in [0.1, 0.15) is 0 Å². The summed E-state index contributed by atoms with van der Waals surface area (Å²) < 4.78 is 9.40. The molecular weight excluding hydrogens is 404 g/mol. The maximum absolute atomic E-state index is 12.5. The standard InChI is InChI=1S/C22H24N2O5S/c1-22(2,3)16-8-6-13(7-9-16)18(25)24-21(30)23-17-11-14(19(26)28-4)10-15(12-17)20(27)29-5/h6-12H,1-5H3,(H2,23,24,25,30). The highest BCUT2D eigenvalue weighted by molar-refractivity contribution is 7.80. The Balaban J connectivity index is 2.16. The summed E-state index contributed by atoms with van der Waals surface area (Å²) in [6.07, 6.45) is 0. The number of benzene rings is 2. The van der Waals surface area contributed by atoms with Crippen LogP contribution in [0.15, 0.2) is 42.5 Å². The molecule has 0 aromatic heterocycles. The second kappa shape index (κ2) is 9.49. The second-order valence-corrected chi connectivity index (χ2v) is 7.93. The van der Waals surface area contributed by atoms with E-state index < -0.39 is 11.9 Å². The van der Waals surface area contributed by atoms with E-state index in [4.69, 9.17) is 21.7 Å². The molecule has 1 amide bonds. The minimum Gasteiger partial charge on any atom is -0.465 e. The molecule has 2 N–H and O–H groups in total. The van der Waals surface area contributed by atoms with E-state index in [-0.39, 0.29) is 27.6 Å². The number of carbonyl (C=O) groups is 3. The maximum Gasteiger partial charge on any atom is 0.337 e. The van der Waals surface area contributed by atoms with Gasteiger partial charge in [-0.2, -0.15) is 0 Å². The average Bonchev–Trinajstić information content (AvgIpc) is 2.71. The van der Waals surface area contributed by atoms with Crippen molar-refractivity contribution in [2.75, 3.05) is 19.5 Å². The molecule has 8 heteroatoms. The highest BCUT2D eigenvalue weighted by Crippen LogP contribution is 2.22. The molecule has 2 aromatic rings. The number of methoxy groups -OCH3 is 2. The van der Waals surface area contributed by atoms with Crippen LogP contribution in [0.4, 0.5) is 5.69 Å². The third kappa shape index (κ3) is 5.87. The van der Waals surface area contributed by atoms with Crippen LogP contribution < -0.4 is 10.6 Å². The lowest BCUT2D eigenvalue weighted by molar-refractivity contribution is 0.0599. The van der Waals surface area contributed by atoms with Gasteiger partial charge >= 0.3 is 11.9 Å². The van der Waals surface area contributed by atoms with E-state index in [0.29, 0.717) is 11.3 Å². The van der Waals surface area contributed by atoms with Crippen molar-refractivity contribution in [3.8, 4) is 0 Å². The Morgan fingerprint density at radius 3 is 1.77 bits per heavy atom. The molecular formula is C22H24N2O5S. The number of hydrogen-bond donors (Lipinski definition) is 2. The molecule has 0 bridgehead atoms. The number of ether oxygens (including phenoxy) is 2. The van der Waals surface area contributed by atoms with Gasteiger partial charge in [0.15, 0.2) is 5.11 Å². The van der Waals surface area contributed by atoms with E-state index in [1.165, 1.54) is 32.4 Å². The zero-order valence-electron chi connectivity index (χ0n) is 17.5. The molecule has 0 radical (unpaired) electrons. The van der Waals surface area contributed by atoms with Gasteiger partial charge in [-0.05, 0) is 53.5 Å². The molecule has 0 atom stereocenters. The molecule has 0 aliphatic heterocycles. The van der Waals surface area contributed by atoms with Crippen molar-refractivity contribution in [1.82, 2.24) is 5.32 Å². The van der Waals surface area contributed by atoms with Gasteiger partial charge in [-0.15, -0.1) is 0 Å². The summed E-state index contributed by atoms with van der Waals surface area (Å²) >= 11 is 5.20. The van der Waals surface area contributed by atoms with Crippen molar-refractivity contribution in [1.29, 1.82) is 0 Å². The molecule has 7 nitrogen and oxygen atoms in total. The fraction of sp³-hybridized carbons (Fsp3) is 0.273. The normalized spacial score (nSPS) is 10.7. The molecule has 2 aromatic carbocycles. The minimum atomic E-state index is -0.627. The van der Waals surface area contributed by atoms with Gasteiger partial charge in [0, 0.05) is 11.3 Å². The predicted octanol–water partition coefficient (Wildman–Crippen LogP) is 3.68. The summed E-state index contributed by atoms with van der Waals surface area (Å²) in [4.78, 5) is 36.2. The molecule has 0 saturated heterocycles. The summed E-state index contributed by atoms with van der Waals surface area (Å²) in [6, 6.07) is 11.5. The quantitative estimate of drug-likeness (QED) is 0.567. The van der Waals surface area contributed by atoms with Crippen LogP contribution in [0.25, 0.3) is 0 Å². The number of amides is 1. The second-order valence-electron chi connectivity index (χ2n) is 7.52. The van der Waals surface area contributed by atoms with Gasteiger partial charge in [-0.25, -0.2) is 9.59 Å². The first kappa shape index (κ1) is 23.0. The summed E-state index contributed by atoms with van der Waals surface area (Å²) in [5, 5.41) is 5.39. The molecule has 0 spiro atoms. The maximum atomic E-state index is 12.5. The lowest BCUT2D eigenvalue weighted by atomic mass is 9.87. The van der Waals surface area contributed by atoms with Gasteiger partial charge in [-0.3, -0.25) is 10.1 Å². The van der Waals surface area contributed by atoms with Crippen molar-refractivity contribution in [3.05, 3.63) is 64.7 Å². The summed E-state index contributed by atoms with van der Waals surface area (Å²) in [7, 11) is 2.46. The van der Waals surface area contributed by atoms with Gasteiger partial charge < -0.3 is 14.8 Å². The smallest absolute Gasteiger partial charge is 0.337 e. The van der Waals surface area contributed by atoms with E-state index in [1.807, 2.05) is 12.1 Å². The Hall–Kier alpha value is -3.26. The number of anilines is 1. The third-order valence-electron chi connectivity index (χ3n) is 4.27. The molecule has 0 saturated carbocycles. The fourth-order valence-electron chi connectivity index (χ4n) is 2.63. The molecule has 30 heavy (non-hydrogen) atoms. The van der Waals surface area contributed by atoms with Crippen LogP contribution in [-0.2, 0) is 14.9 Å². The van der Waals surface area contributed by atoms with Crippen molar-refractivity contribution in [2.24, 2.45) is 0 Å². The Kier molecular flexibility index (Phi) is 7.28. The lowest BCUT2D eigenvalue weighted by Gasteiger charge is -2.19. The van der Waals surface area contributed by atoms with E-state index >= 15 is 0 Å². The predicted molar refractivity (Wildman–Crippen MR) is 118 cm³/mol. The summed E-state index contributed by atoms with van der Waals surface area (Å²) in [6.45, 7) is 6.27. The SMILES string of the molecule is COC(=O)c1cc(NC(=S)NC(=O)c2ccc(C(C)(C)C)cc2)cc(C(=O)OC)c1. The van der Waals surface area contributed by atoms with Crippen LogP contribution in [-0.4, -0.2) is 37.2 Å². The number of nitrogens with one attached hydrogen (secondary N) is 2. The van der Waals surface area contributed by atoms with E-state index in [2.05, 4.69) is 31.4 Å². The first-order valence-electron chi connectivity index (χ1n) is 9.09. The van der Waals surface area contributed by atoms with E-state index in [1.54, 1.807) is 12.1 Å². The molecule has 2 rings (SSSR count). The average molecular weight is 429 g/mol. The molecule has 158 valence electrons. The number of hydrogen-bond acceptors (Lipinski definition) is 6. The van der Waals surface area contributed by atoms with Gasteiger partial charge in [0.2, 0.25) is 0 Å². The van der Waals surface area contributed by atoms with E-state index in [9.17, 15) is 14.4 Å². The Labute approximate surface area is 180 Å². The highest BCUT2D eigenvalue weighted by atomic mass is 32.1. The van der Waals surface area contributed by atoms with Crippen LogP contribution in [0, 0.1) is 0 Å². The molecule has 0 fully saturated rings. The first-order chi connectivity index (χ1) is 14.0.